The second kappa shape index (κ2) is 6.39. The fraction of sp³-hybridized carbons (Fsp3) is 0.583. The highest BCUT2D eigenvalue weighted by atomic mass is 19.3. The number of hydrogen-bond acceptors (Lipinski definition) is 8. The van der Waals surface area contributed by atoms with E-state index in [9.17, 15) is 23.8 Å². The molecule has 1 aliphatic rings. The van der Waals surface area contributed by atoms with Gasteiger partial charge in [0.15, 0.2) is 17.4 Å². The molecule has 132 valence electrons. The number of halogens is 2. The van der Waals surface area contributed by atoms with E-state index in [1.807, 2.05) is 0 Å². The molecule has 1 saturated heterocycles. The summed E-state index contributed by atoms with van der Waals surface area (Å²) in [5, 5.41) is 19.7. The number of aromatic nitrogens is 4. The number of anilines is 1. The molecule has 0 bridgehead atoms. The molecule has 3 rings (SSSR count). The number of nitrogens with zero attached hydrogens (tertiary/aromatic N) is 3. The van der Waals surface area contributed by atoms with Gasteiger partial charge in [0.1, 0.15) is 6.10 Å². The molecule has 0 unspecified atom stereocenters. The molecule has 0 amide bonds. The topological polar surface area (TPSA) is 149 Å². The molecule has 1 aliphatic heterocycles. The number of hydrogen-bond donors (Lipinski definition) is 4. The summed E-state index contributed by atoms with van der Waals surface area (Å²) in [5.74, 6) is -1.05. The van der Waals surface area contributed by atoms with Crippen LogP contribution in [0.1, 0.15) is 6.23 Å². The van der Waals surface area contributed by atoms with Gasteiger partial charge < -0.3 is 25.4 Å². The molecule has 0 aromatic carbocycles. The molecule has 0 saturated carbocycles. The van der Waals surface area contributed by atoms with Crippen LogP contribution in [0.3, 0.4) is 0 Å². The van der Waals surface area contributed by atoms with E-state index in [0.717, 1.165) is 0 Å². The molecule has 5 N–H and O–H groups in total. The van der Waals surface area contributed by atoms with Crippen LogP contribution in [0.15, 0.2) is 11.1 Å². The molecule has 0 aliphatic carbocycles. The minimum Gasteiger partial charge on any atom is -0.394 e. The summed E-state index contributed by atoms with van der Waals surface area (Å²) >= 11 is 0. The third kappa shape index (κ3) is 2.84. The van der Waals surface area contributed by atoms with E-state index in [-0.39, 0.29) is 17.1 Å². The number of aromatic amines is 1. The highest BCUT2D eigenvalue weighted by molar-refractivity contribution is 5.70. The van der Waals surface area contributed by atoms with Crippen LogP contribution in [0.4, 0.5) is 14.7 Å². The van der Waals surface area contributed by atoms with E-state index in [1.165, 1.54) is 10.9 Å². The Hall–Kier alpha value is -2.15. The zero-order valence-corrected chi connectivity index (χ0v) is 12.2. The highest BCUT2D eigenvalue weighted by Crippen LogP contribution is 2.35. The molecule has 2 aromatic heterocycles. The van der Waals surface area contributed by atoms with E-state index in [2.05, 4.69) is 19.7 Å². The van der Waals surface area contributed by atoms with Gasteiger partial charge >= 0.3 is 6.61 Å². The van der Waals surface area contributed by atoms with Gasteiger partial charge in [-0.3, -0.25) is 14.3 Å². The number of nitrogen functional groups attached to an aromatic ring is 1. The molecule has 4 atom stereocenters. The van der Waals surface area contributed by atoms with Crippen molar-refractivity contribution in [3.8, 4) is 0 Å². The SMILES string of the molecule is Nc1nc2c(ncn2[C@@H]2O[C@H](CO)[C@@H](COC(F)F)[C@H]2O)c(=O)[nH]1. The third-order valence-corrected chi connectivity index (χ3v) is 3.84. The molecule has 0 spiro atoms. The minimum atomic E-state index is -3.01. The highest BCUT2D eigenvalue weighted by Gasteiger charge is 2.45. The number of nitrogens with one attached hydrogen (secondary N) is 1. The summed E-state index contributed by atoms with van der Waals surface area (Å²) in [6, 6.07) is 0. The lowest BCUT2D eigenvalue weighted by molar-refractivity contribution is -0.148. The molecule has 3 heterocycles. The van der Waals surface area contributed by atoms with Crippen molar-refractivity contribution in [1.82, 2.24) is 19.5 Å². The van der Waals surface area contributed by atoms with Gasteiger partial charge in [-0.15, -0.1) is 0 Å². The lowest BCUT2D eigenvalue weighted by Gasteiger charge is -2.19. The van der Waals surface area contributed by atoms with Crippen molar-refractivity contribution in [1.29, 1.82) is 0 Å². The number of ether oxygens (including phenoxy) is 2. The van der Waals surface area contributed by atoms with Crippen LogP contribution in [0.25, 0.3) is 11.2 Å². The lowest BCUT2D eigenvalue weighted by atomic mass is 9.99. The summed E-state index contributed by atoms with van der Waals surface area (Å²) in [7, 11) is 0. The van der Waals surface area contributed by atoms with E-state index < -0.39 is 49.7 Å². The first-order valence-corrected chi connectivity index (χ1v) is 6.98. The maximum atomic E-state index is 12.2. The number of H-pyrrole nitrogens is 1. The van der Waals surface area contributed by atoms with Crippen molar-refractivity contribution in [3.05, 3.63) is 16.7 Å². The van der Waals surface area contributed by atoms with Gasteiger partial charge in [0.05, 0.1) is 25.6 Å². The van der Waals surface area contributed by atoms with Crippen molar-refractivity contribution in [2.75, 3.05) is 18.9 Å². The Morgan fingerprint density at radius 1 is 1.54 bits per heavy atom. The molecule has 2 aromatic rings. The van der Waals surface area contributed by atoms with Crippen LogP contribution in [0, 0.1) is 5.92 Å². The molecular weight excluding hydrogens is 332 g/mol. The zero-order valence-electron chi connectivity index (χ0n) is 12.2. The Morgan fingerprint density at radius 3 is 2.96 bits per heavy atom. The molecule has 12 heteroatoms. The Balaban J connectivity index is 1.94. The van der Waals surface area contributed by atoms with Crippen molar-refractivity contribution in [2.45, 2.75) is 25.0 Å². The van der Waals surface area contributed by atoms with Crippen molar-refractivity contribution >= 4 is 17.1 Å². The number of imidazole rings is 1. The average molecular weight is 347 g/mol. The predicted octanol–water partition coefficient (Wildman–Crippen LogP) is -1.19. The Kier molecular flexibility index (Phi) is 4.45. The molecule has 24 heavy (non-hydrogen) atoms. The molecule has 1 fully saturated rings. The van der Waals surface area contributed by atoms with Gasteiger partial charge in [0, 0.05) is 5.92 Å². The van der Waals surface area contributed by atoms with Crippen molar-refractivity contribution in [2.24, 2.45) is 5.92 Å². The van der Waals surface area contributed by atoms with Crippen LogP contribution in [-0.2, 0) is 9.47 Å². The van der Waals surface area contributed by atoms with Crippen molar-refractivity contribution < 1.29 is 28.5 Å². The second-order valence-electron chi connectivity index (χ2n) is 5.27. The number of alkyl halides is 2. The van der Waals surface area contributed by atoms with Gasteiger partial charge in [-0.25, -0.2) is 4.98 Å². The van der Waals surface area contributed by atoms with E-state index in [0.29, 0.717) is 0 Å². The van der Waals surface area contributed by atoms with Crippen LogP contribution in [-0.4, -0.2) is 61.8 Å². The molecule has 0 radical (unpaired) electrons. The quantitative estimate of drug-likeness (QED) is 0.527. The molecular formula is C12H15F2N5O5. The van der Waals surface area contributed by atoms with Gasteiger partial charge in [-0.1, -0.05) is 0 Å². The summed E-state index contributed by atoms with van der Waals surface area (Å²) < 4.78 is 35.4. The van der Waals surface area contributed by atoms with Crippen LogP contribution >= 0.6 is 0 Å². The third-order valence-electron chi connectivity index (χ3n) is 3.84. The average Bonchev–Trinajstić information content (AvgIpc) is 3.06. The molecule has 10 nitrogen and oxygen atoms in total. The van der Waals surface area contributed by atoms with Gasteiger partial charge in [-0.05, 0) is 0 Å². The standard InChI is InChI=1S/C12H15F2N5O5/c13-11(14)23-2-4-5(1-20)24-10(7(4)21)19-3-16-6-8(19)17-12(15)18-9(6)22/h3-5,7,10-11,20-21H,1-2H2,(H3,15,17,18,22)/t4-,5-,7-,10-/m1/s1. The summed E-state index contributed by atoms with van der Waals surface area (Å²) in [5.41, 5.74) is 4.97. The fourth-order valence-electron chi connectivity index (χ4n) is 2.72. The van der Waals surface area contributed by atoms with E-state index >= 15 is 0 Å². The number of nitrogens with two attached hydrogens (primary N) is 1. The first-order valence-electron chi connectivity index (χ1n) is 6.98. The van der Waals surface area contributed by atoms with Crippen LogP contribution < -0.4 is 11.3 Å². The smallest absolute Gasteiger partial charge is 0.345 e. The Bertz CT molecular complexity index is 781. The summed E-state index contributed by atoms with van der Waals surface area (Å²) in [4.78, 5) is 21.9. The van der Waals surface area contributed by atoms with Gasteiger partial charge in [0.25, 0.3) is 5.56 Å². The normalized spacial score (nSPS) is 27.4. The predicted molar refractivity (Wildman–Crippen MR) is 75.0 cm³/mol. The largest absolute Gasteiger partial charge is 0.394 e. The fourth-order valence-corrected chi connectivity index (χ4v) is 2.72. The maximum Gasteiger partial charge on any atom is 0.345 e. The first-order chi connectivity index (χ1) is 11.4. The maximum absolute atomic E-state index is 12.2. The Labute approximate surface area is 132 Å². The summed E-state index contributed by atoms with van der Waals surface area (Å²) in [6.45, 7) is -4.03. The monoisotopic (exact) mass is 347 g/mol. The number of aliphatic hydroxyl groups excluding tert-OH is 2. The van der Waals surface area contributed by atoms with Crippen molar-refractivity contribution in [3.63, 3.8) is 0 Å². The Morgan fingerprint density at radius 2 is 2.29 bits per heavy atom. The summed E-state index contributed by atoms with van der Waals surface area (Å²) in [6.07, 6.45) is -2.10. The van der Waals surface area contributed by atoms with Gasteiger partial charge in [-0.2, -0.15) is 13.8 Å². The van der Waals surface area contributed by atoms with E-state index in [4.69, 9.17) is 10.5 Å². The number of fused-ring (bicyclic) bond motifs is 1. The lowest BCUT2D eigenvalue weighted by Crippen LogP contribution is -2.32. The number of rotatable bonds is 5. The second-order valence-corrected chi connectivity index (χ2v) is 5.27. The van der Waals surface area contributed by atoms with Crippen LogP contribution in [0.2, 0.25) is 0 Å². The first kappa shape index (κ1) is 16.7. The van der Waals surface area contributed by atoms with Crippen LogP contribution in [0.5, 0.6) is 0 Å². The minimum absolute atomic E-state index is 0.0205. The van der Waals surface area contributed by atoms with E-state index in [1.54, 1.807) is 0 Å². The number of aliphatic hydroxyl groups is 2. The zero-order chi connectivity index (χ0) is 17.4. The van der Waals surface area contributed by atoms with Gasteiger partial charge in [0.2, 0.25) is 5.95 Å².